The van der Waals surface area contributed by atoms with Crippen LogP contribution in [0.25, 0.3) is 44.1 Å². The fourth-order valence-corrected chi connectivity index (χ4v) is 7.99. The number of aromatic nitrogens is 2. The molecule has 2 heterocycles. The number of carbonyl (C=O) groups excluding carboxylic acids is 2. The third kappa shape index (κ3) is 12.5. The van der Waals surface area contributed by atoms with Crippen LogP contribution in [0.4, 0.5) is 35.9 Å². The predicted octanol–water partition coefficient (Wildman–Crippen LogP) is 13.3. The summed E-state index contributed by atoms with van der Waals surface area (Å²) >= 11 is 3.58. The number of imide groups is 1. The van der Waals surface area contributed by atoms with Crippen LogP contribution in [0.3, 0.4) is 0 Å². The summed E-state index contributed by atoms with van der Waals surface area (Å²) in [6.45, 7) is 9.26. The summed E-state index contributed by atoms with van der Waals surface area (Å²) in [5, 5.41) is 11.8. The van der Waals surface area contributed by atoms with Crippen LogP contribution in [-0.4, -0.2) is 62.1 Å². The van der Waals surface area contributed by atoms with Crippen molar-refractivity contribution in [3.63, 3.8) is 0 Å². The van der Waals surface area contributed by atoms with E-state index in [4.69, 9.17) is 9.47 Å². The lowest BCUT2D eigenvalue weighted by molar-refractivity contribution is -0.275. The number of carboxylic acid groups (broad SMARTS) is 1. The molecule has 6 rings (SSSR count). The van der Waals surface area contributed by atoms with Crippen molar-refractivity contribution in [3.8, 4) is 33.8 Å². The fourth-order valence-electron chi connectivity index (χ4n) is 7.53. The van der Waals surface area contributed by atoms with E-state index >= 15 is 0 Å². The Morgan fingerprint density at radius 3 is 1.53 bits per heavy atom. The first-order valence-corrected chi connectivity index (χ1v) is 21.4. The molecule has 11 nitrogen and oxygen atoms in total. The molecule has 0 saturated carbocycles. The molecule has 1 unspecified atom stereocenters. The summed E-state index contributed by atoms with van der Waals surface area (Å²) in [6.07, 6.45) is -9.34. The second-order valence-corrected chi connectivity index (χ2v) is 17.7. The van der Waals surface area contributed by atoms with E-state index in [2.05, 4.69) is 35.4 Å². The Kier molecular flexibility index (Phi) is 14.3. The monoisotopic (exact) mass is 983 g/mol. The summed E-state index contributed by atoms with van der Waals surface area (Å²) in [4.78, 5) is 50.9. The second-order valence-electron chi connectivity index (χ2n) is 17.2. The molecule has 0 spiro atoms. The summed E-state index contributed by atoms with van der Waals surface area (Å²) in [7, 11) is 0. The molecule has 18 heteroatoms. The first-order chi connectivity index (χ1) is 30.8. The van der Waals surface area contributed by atoms with Gasteiger partial charge in [0.15, 0.2) is 0 Å². The minimum absolute atomic E-state index is 0.0359. The van der Waals surface area contributed by atoms with Gasteiger partial charge >= 0.3 is 30.9 Å². The predicted molar refractivity (Wildman–Crippen MR) is 237 cm³/mol. The molecule has 0 radical (unpaired) electrons. The van der Waals surface area contributed by atoms with Crippen molar-refractivity contribution in [1.29, 1.82) is 0 Å². The number of pyridine rings is 2. The topological polar surface area (TPSA) is 137 Å². The van der Waals surface area contributed by atoms with Gasteiger partial charge < -0.3 is 24.1 Å². The van der Waals surface area contributed by atoms with Crippen LogP contribution in [0.15, 0.2) is 97.3 Å². The van der Waals surface area contributed by atoms with Crippen molar-refractivity contribution in [3.05, 3.63) is 120 Å². The van der Waals surface area contributed by atoms with Crippen LogP contribution in [0.5, 0.6) is 11.5 Å². The number of alkyl halides is 7. The van der Waals surface area contributed by atoms with E-state index in [9.17, 15) is 45.8 Å². The number of nitrogens with zero attached hydrogens (tertiary/aromatic N) is 3. The van der Waals surface area contributed by atoms with Gasteiger partial charge in [0.25, 0.3) is 0 Å². The van der Waals surface area contributed by atoms with Gasteiger partial charge in [-0.05, 0) is 136 Å². The lowest BCUT2D eigenvalue weighted by Crippen LogP contribution is -2.43. The minimum Gasteiger partial charge on any atom is -0.481 e. The molecule has 0 fully saturated rings. The Balaban J connectivity index is 1.59. The Morgan fingerprint density at radius 1 is 0.667 bits per heavy atom. The molecule has 2 amide bonds. The highest BCUT2D eigenvalue weighted by atomic mass is 79.9. The van der Waals surface area contributed by atoms with E-state index in [0.29, 0.717) is 66.3 Å². The van der Waals surface area contributed by atoms with Gasteiger partial charge in [0.1, 0.15) is 22.7 Å². The maximum Gasteiger partial charge on any atom is 0.573 e. The maximum atomic E-state index is 14.0. The van der Waals surface area contributed by atoms with Gasteiger partial charge in [0.2, 0.25) is 0 Å². The van der Waals surface area contributed by atoms with Gasteiger partial charge in [-0.2, -0.15) is 0 Å². The summed E-state index contributed by atoms with van der Waals surface area (Å²) in [5.41, 5.74) is 2.57. The first kappa shape index (κ1) is 49.0. The average molecular weight is 985 g/mol. The van der Waals surface area contributed by atoms with Crippen LogP contribution in [0.1, 0.15) is 76.1 Å². The molecule has 66 heavy (non-hydrogen) atoms. The number of rotatable bonds is 12. The molecule has 1 N–H and O–H groups in total. The number of fused-ring (bicyclic) bond motifs is 2. The maximum absolute atomic E-state index is 14.0. The number of carboxylic acids is 1. The van der Waals surface area contributed by atoms with E-state index < -0.39 is 72.5 Å². The summed E-state index contributed by atoms with van der Waals surface area (Å²) in [6, 6.07) is 20.6. The van der Waals surface area contributed by atoms with Crippen LogP contribution in [0.2, 0.25) is 0 Å². The zero-order chi connectivity index (χ0) is 48.4. The number of hydrogen-bond acceptors (Lipinski definition) is 9. The molecule has 6 aromatic rings. The van der Waals surface area contributed by atoms with Crippen LogP contribution >= 0.6 is 15.9 Å². The Hall–Kier alpha value is -6.43. The van der Waals surface area contributed by atoms with Crippen molar-refractivity contribution < 1.29 is 64.8 Å². The molecular weight excluding hydrogens is 940 g/mol. The molecular formula is C48H44BrF6N3O8. The third-order valence-electron chi connectivity index (χ3n) is 9.89. The average Bonchev–Trinajstić information content (AvgIpc) is 3.20. The molecule has 348 valence electrons. The largest absolute Gasteiger partial charge is 0.573 e. The highest BCUT2D eigenvalue weighted by molar-refractivity contribution is 9.08. The molecule has 0 aliphatic carbocycles. The number of hydrogen-bond donors (Lipinski definition) is 1. The van der Waals surface area contributed by atoms with Crippen LogP contribution < -0.4 is 9.47 Å². The quantitative estimate of drug-likeness (QED) is 0.0932. The SMILES string of the molecule is CC(C)(C)OC(=O)N(Cc1cc(-c2ccc(OC(F)(F)F)cc2)c2ncccc2c1CC(CC(=O)O)c1c(CBr)cc(-c2ccc(OC(F)(F)F)cc2)c2ncccc12)C(=O)OC(C)(C)C. The Morgan fingerprint density at radius 2 is 1.11 bits per heavy atom. The molecule has 0 bridgehead atoms. The van der Waals surface area contributed by atoms with Crippen molar-refractivity contribution in [2.24, 2.45) is 0 Å². The number of carbonyl (C=O) groups is 3. The van der Waals surface area contributed by atoms with E-state index in [0.717, 1.165) is 17.0 Å². The molecule has 4 aromatic carbocycles. The minimum atomic E-state index is -4.94. The van der Waals surface area contributed by atoms with Crippen LogP contribution in [0, 0.1) is 0 Å². The Labute approximate surface area is 383 Å². The van der Waals surface area contributed by atoms with Gasteiger partial charge in [-0.3, -0.25) is 14.8 Å². The van der Waals surface area contributed by atoms with Crippen LogP contribution in [-0.2, 0) is 32.6 Å². The third-order valence-corrected chi connectivity index (χ3v) is 10.5. The first-order valence-electron chi connectivity index (χ1n) is 20.3. The molecule has 0 saturated heterocycles. The highest BCUT2D eigenvalue weighted by Gasteiger charge is 2.35. The van der Waals surface area contributed by atoms with Gasteiger partial charge in [0.05, 0.1) is 24.0 Å². The highest BCUT2D eigenvalue weighted by Crippen LogP contribution is 2.43. The molecule has 0 aliphatic heterocycles. The zero-order valence-electron chi connectivity index (χ0n) is 36.4. The normalized spacial score (nSPS) is 12.7. The van der Waals surface area contributed by atoms with Gasteiger partial charge in [-0.1, -0.05) is 52.3 Å². The van der Waals surface area contributed by atoms with Gasteiger partial charge in [-0.15, -0.1) is 26.3 Å². The summed E-state index contributed by atoms with van der Waals surface area (Å²) in [5.74, 6) is -2.90. The second kappa shape index (κ2) is 19.2. The van der Waals surface area contributed by atoms with Crippen molar-refractivity contribution in [2.45, 2.75) is 96.1 Å². The van der Waals surface area contributed by atoms with E-state index in [-0.39, 0.29) is 11.8 Å². The lowest BCUT2D eigenvalue weighted by atomic mass is 9.80. The fraction of sp³-hybridized carbons (Fsp3) is 0.312. The summed E-state index contributed by atoms with van der Waals surface area (Å²) < 4.78 is 97.9. The van der Waals surface area contributed by atoms with Crippen molar-refractivity contribution in [1.82, 2.24) is 14.9 Å². The van der Waals surface area contributed by atoms with E-state index in [1.54, 1.807) is 77.9 Å². The smallest absolute Gasteiger partial charge is 0.481 e. The standard InChI is InChI=1S/C48H44BrF6N3O8/c1-45(2,3)65-43(61)58(44(62)66-46(4,5)6)26-31-23-38(28-13-17-33(18-14-28)64-48(53,54)55)41-34(9-7-19-56-41)36(31)21-29(24-39(59)60)40-30(25-49)22-37(42-35(40)10-8-20-57-42)27-11-15-32(16-12-27)63-47(50,51)52/h7-20,22-23,29H,21,24-26H2,1-6H3,(H,59,60). The number of amides is 2. The van der Waals surface area contributed by atoms with E-state index in [1.807, 2.05) is 0 Å². The lowest BCUT2D eigenvalue weighted by Gasteiger charge is -2.30. The van der Waals surface area contributed by atoms with Crippen molar-refractivity contribution >= 4 is 55.9 Å². The zero-order valence-corrected chi connectivity index (χ0v) is 38.0. The molecule has 2 aromatic heterocycles. The van der Waals surface area contributed by atoms with Crippen molar-refractivity contribution in [2.75, 3.05) is 0 Å². The molecule has 1 atom stereocenters. The van der Waals surface area contributed by atoms with Gasteiger partial charge in [0, 0.05) is 39.6 Å². The number of ether oxygens (including phenoxy) is 4. The number of halogens is 7. The number of benzene rings is 4. The van der Waals surface area contributed by atoms with Gasteiger partial charge in [-0.25, -0.2) is 14.5 Å². The van der Waals surface area contributed by atoms with E-state index in [1.165, 1.54) is 48.8 Å². The Bertz CT molecular complexity index is 2720. The molecule has 0 aliphatic rings. The number of aliphatic carboxylic acids is 1.